The van der Waals surface area contributed by atoms with E-state index >= 15 is 0 Å². The first-order valence-corrected chi connectivity index (χ1v) is 8.19. The number of H-pyrrole nitrogens is 1. The molecule has 5 rings (SSSR count). The molecule has 3 heterocycles. The third kappa shape index (κ3) is 2.43. The Labute approximate surface area is 147 Å². The number of fused-ring (bicyclic) bond motifs is 2. The number of benzene rings is 2. The Morgan fingerprint density at radius 3 is 2.92 bits per heavy atom. The first-order valence-electron chi connectivity index (χ1n) is 8.19. The molecule has 0 fully saturated rings. The van der Waals surface area contributed by atoms with Gasteiger partial charge in [-0.1, -0.05) is 29.4 Å². The first-order chi connectivity index (χ1) is 12.8. The number of hydrogen-bond donors (Lipinski definition) is 1. The molecule has 0 aliphatic rings. The van der Waals surface area contributed by atoms with E-state index in [4.69, 9.17) is 4.52 Å². The van der Waals surface area contributed by atoms with Crippen molar-refractivity contribution < 1.29 is 8.91 Å². The Hall–Kier alpha value is -3.54. The predicted molar refractivity (Wildman–Crippen MR) is 96.1 cm³/mol. The van der Waals surface area contributed by atoms with E-state index in [1.54, 1.807) is 18.5 Å². The molecule has 0 bridgehead atoms. The van der Waals surface area contributed by atoms with E-state index in [1.807, 2.05) is 30.5 Å². The summed E-state index contributed by atoms with van der Waals surface area (Å²) in [6, 6.07) is 12.6. The number of halogens is 1. The molecule has 1 N–H and O–H groups in total. The highest BCUT2D eigenvalue weighted by Gasteiger charge is 2.14. The third-order valence-electron chi connectivity index (χ3n) is 4.45. The van der Waals surface area contributed by atoms with E-state index < -0.39 is 0 Å². The van der Waals surface area contributed by atoms with E-state index in [0.29, 0.717) is 18.1 Å². The van der Waals surface area contributed by atoms with Crippen molar-refractivity contribution in [2.75, 3.05) is 0 Å². The van der Waals surface area contributed by atoms with Crippen LogP contribution >= 0.6 is 0 Å². The Morgan fingerprint density at radius 1 is 1.04 bits per heavy atom. The van der Waals surface area contributed by atoms with Gasteiger partial charge in [-0.2, -0.15) is 4.98 Å². The van der Waals surface area contributed by atoms with Gasteiger partial charge in [0, 0.05) is 40.4 Å². The zero-order chi connectivity index (χ0) is 17.5. The minimum atomic E-state index is -0.272. The second-order valence-electron chi connectivity index (χ2n) is 6.10. The van der Waals surface area contributed by atoms with Crippen LogP contribution in [-0.4, -0.2) is 20.1 Å². The van der Waals surface area contributed by atoms with Crippen LogP contribution < -0.4 is 0 Å². The smallest absolute Gasteiger partial charge is 0.231 e. The third-order valence-corrected chi connectivity index (χ3v) is 4.45. The average Bonchev–Trinajstić information content (AvgIpc) is 3.29. The number of nitrogens with one attached hydrogen (secondary N) is 1. The number of pyridine rings is 1. The molecule has 0 aliphatic carbocycles. The normalized spacial score (nSPS) is 11.4. The Morgan fingerprint density at radius 2 is 1.96 bits per heavy atom. The van der Waals surface area contributed by atoms with E-state index in [1.165, 1.54) is 12.1 Å². The van der Waals surface area contributed by atoms with Gasteiger partial charge in [0.25, 0.3) is 0 Å². The molecule has 0 atom stereocenters. The summed E-state index contributed by atoms with van der Waals surface area (Å²) >= 11 is 0. The van der Waals surface area contributed by atoms with Crippen molar-refractivity contribution in [2.45, 2.75) is 6.42 Å². The second kappa shape index (κ2) is 5.77. The van der Waals surface area contributed by atoms with Gasteiger partial charge in [-0.25, -0.2) is 4.39 Å². The van der Waals surface area contributed by atoms with Crippen LogP contribution in [0.3, 0.4) is 0 Å². The summed E-state index contributed by atoms with van der Waals surface area (Å²) in [5.41, 5.74) is 2.60. The highest BCUT2D eigenvalue weighted by molar-refractivity contribution is 5.94. The maximum Gasteiger partial charge on any atom is 0.231 e. The highest BCUT2D eigenvalue weighted by atomic mass is 19.1. The van der Waals surface area contributed by atoms with E-state index in [2.05, 4.69) is 20.1 Å². The SMILES string of the molecule is Fc1ccc2[nH]cc(Cc3nc(-c4cncc5ccccc45)no3)c2c1. The summed E-state index contributed by atoms with van der Waals surface area (Å²) < 4.78 is 19.0. The monoisotopic (exact) mass is 344 g/mol. The van der Waals surface area contributed by atoms with Gasteiger partial charge in [-0.05, 0) is 29.1 Å². The lowest BCUT2D eigenvalue weighted by Crippen LogP contribution is -1.89. The van der Waals surface area contributed by atoms with Gasteiger partial charge in [-0.15, -0.1) is 0 Å². The predicted octanol–water partition coefficient (Wildman–Crippen LogP) is 4.50. The Kier molecular flexibility index (Phi) is 3.28. The summed E-state index contributed by atoms with van der Waals surface area (Å²) in [5, 5.41) is 6.96. The molecule has 5 nitrogen and oxygen atoms in total. The zero-order valence-electron chi connectivity index (χ0n) is 13.6. The molecule has 0 unspecified atom stereocenters. The fourth-order valence-electron chi connectivity index (χ4n) is 3.19. The van der Waals surface area contributed by atoms with Crippen molar-refractivity contribution in [2.24, 2.45) is 0 Å². The molecule has 6 heteroatoms. The molecule has 0 aliphatic heterocycles. The fourth-order valence-corrected chi connectivity index (χ4v) is 3.19. The number of aromatic amines is 1. The van der Waals surface area contributed by atoms with Gasteiger partial charge < -0.3 is 9.51 Å². The highest BCUT2D eigenvalue weighted by Crippen LogP contribution is 2.26. The summed E-state index contributed by atoms with van der Waals surface area (Å²) in [7, 11) is 0. The minimum absolute atomic E-state index is 0.272. The molecule has 0 amide bonds. The van der Waals surface area contributed by atoms with E-state index in [-0.39, 0.29) is 5.82 Å². The lowest BCUT2D eigenvalue weighted by Gasteiger charge is -2.00. The molecule has 0 radical (unpaired) electrons. The van der Waals surface area contributed by atoms with Gasteiger partial charge in [0.1, 0.15) is 5.82 Å². The van der Waals surface area contributed by atoms with Gasteiger partial charge in [-0.3, -0.25) is 4.98 Å². The summed E-state index contributed by atoms with van der Waals surface area (Å²) in [6.07, 6.45) is 5.81. The van der Waals surface area contributed by atoms with Crippen LogP contribution in [0.4, 0.5) is 4.39 Å². The molecule has 3 aromatic heterocycles. The molecule has 26 heavy (non-hydrogen) atoms. The Bertz CT molecular complexity index is 1240. The topological polar surface area (TPSA) is 67.6 Å². The lowest BCUT2D eigenvalue weighted by molar-refractivity contribution is 0.386. The number of aromatic nitrogens is 4. The van der Waals surface area contributed by atoms with Crippen molar-refractivity contribution in [1.82, 2.24) is 20.1 Å². The van der Waals surface area contributed by atoms with Crippen molar-refractivity contribution in [1.29, 1.82) is 0 Å². The van der Waals surface area contributed by atoms with Gasteiger partial charge in [0.2, 0.25) is 11.7 Å². The average molecular weight is 344 g/mol. The first kappa shape index (κ1) is 14.8. The molecular formula is C20H13FN4O. The maximum absolute atomic E-state index is 13.5. The summed E-state index contributed by atoms with van der Waals surface area (Å²) in [5.74, 6) is 0.694. The fraction of sp³-hybridized carbons (Fsp3) is 0.0500. The molecule has 0 saturated heterocycles. The van der Waals surface area contributed by atoms with E-state index in [0.717, 1.165) is 32.8 Å². The van der Waals surface area contributed by atoms with Crippen molar-refractivity contribution in [3.8, 4) is 11.4 Å². The number of nitrogens with zero attached hydrogens (tertiary/aromatic N) is 3. The van der Waals surface area contributed by atoms with Crippen molar-refractivity contribution in [3.63, 3.8) is 0 Å². The zero-order valence-corrected chi connectivity index (χ0v) is 13.6. The molecule has 0 saturated carbocycles. The number of hydrogen-bond acceptors (Lipinski definition) is 4. The standard InChI is InChI=1S/C20H13FN4O/c21-14-5-6-18-16(8-14)13(10-23-18)7-19-24-20(25-26-19)17-11-22-9-12-3-1-2-4-15(12)17/h1-6,8-11,23H,7H2. The molecule has 126 valence electrons. The lowest BCUT2D eigenvalue weighted by atomic mass is 10.1. The van der Waals surface area contributed by atoms with Crippen LogP contribution in [0.5, 0.6) is 0 Å². The van der Waals surface area contributed by atoms with Crippen molar-refractivity contribution in [3.05, 3.63) is 78.3 Å². The largest absolute Gasteiger partial charge is 0.361 e. The van der Waals surface area contributed by atoms with Crippen LogP contribution in [-0.2, 0) is 6.42 Å². The van der Waals surface area contributed by atoms with Crippen LogP contribution in [0.1, 0.15) is 11.5 Å². The van der Waals surface area contributed by atoms with Crippen LogP contribution in [0, 0.1) is 5.82 Å². The molecule has 5 aromatic rings. The Balaban J connectivity index is 1.53. The summed E-state index contributed by atoms with van der Waals surface area (Å²) in [6.45, 7) is 0. The van der Waals surface area contributed by atoms with Crippen LogP contribution in [0.15, 0.2) is 65.6 Å². The quantitative estimate of drug-likeness (QED) is 0.523. The maximum atomic E-state index is 13.5. The minimum Gasteiger partial charge on any atom is -0.361 e. The molecule has 2 aromatic carbocycles. The van der Waals surface area contributed by atoms with Gasteiger partial charge >= 0.3 is 0 Å². The van der Waals surface area contributed by atoms with Crippen molar-refractivity contribution >= 4 is 21.7 Å². The van der Waals surface area contributed by atoms with E-state index in [9.17, 15) is 4.39 Å². The van der Waals surface area contributed by atoms with Gasteiger partial charge in [0.05, 0.1) is 6.42 Å². The number of rotatable bonds is 3. The van der Waals surface area contributed by atoms with Gasteiger partial charge in [0.15, 0.2) is 0 Å². The molecular weight excluding hydrogens is 331 g/mol. The van der Waals surface area contributed by atoms with Crippen LogP contribution in [0.25, 0.3) is 33.1 Å². The summed E-state index contributed by atoms with van der Waals surface area (Å²) in [4.78, 5) is 11.9. The molecule has 0 spiro atoms. The van der Waals surface area contributed by atoms with Crippen LogP contribution in [0.2, 0.25) is 0 Å². The second-order valence-corrected chi connectivity index (χ2v) is 6.10.